The molecule has 0 heterocycles. The van der Waals surface area contributed by atoms with Crippen LogP contribution in [0.25, 0.3) is 11.1 Å². The molecule has 2 rings (SSSR count). The van der Waals surface area contributed by atoms with Gasteiger partial charge in [0.15, 0.2) is 0 Å². The minimum atomic E-state index is -3.83. The minimum Gasteiger partial charge on any atom is -0.480 e. The zero-order valence-corrected chi connectivity index (χ0v) is 18.3. The number of carboxylic acids is 2. The highest BCUT2D eigenvalue weighted by molar-refractivity contribution is 7.89. The highest BCUT2D eigenvalue weighted by Gasteiger charge is 2.27. The Labute approximate surface area is 182 Å². The van der Waals surface area contributed by atoms with Crippen LogP contribution in [0.4, 0.5) is 0 Å². The van der Waals surface area contributed by atoms with Gasteiger partial charge < -0.3 is 10.2 Å². The average molecular weight is 449 g/mol. The Hall–Kier alpha value is -2.75. The monoisotopic (exact) mass is 448 g/mol. The maximum Gasteiger partial charge on any atom is 0.320 e. The van der Waals surface area contributed by atoms with Crippen LogP contribution in [0.1, 0.15) is 26.7 Å². The van der Waals surface area contributed by atoms with Gasteiger partial charge >= 0.3 is 11.9 Å². The summed E-state index contributed by atoms with van der Waals surface area (Å²) < 4.78 is 27.5. The van der Waals surface area contributed by atoms with Crippen molar-refractivity contribution in [2.24, 2.45) is 5.92 Å². The van der Waals surface area contributed by atoms with Crippen LogP contribution >= 0.6 is 0 Å². The van der Waals surface area contributed by atoms with E-state index in [-0.39, 0.29) is 30.2 Å². The predicted octanol–water partition coefficient (Wildman–Crippen LogP) is 2.56. The molecule has 8 nitrogen and oxygen atoms in total. The fraction of sp³-hybridized carbons (Fsp3) is 0.364. The molecule has 0 spiro atoms. The molecule has 9 heteroatoms. The molecule has 0 fully saturated rings. The lowest BCUT2D eigenvalue weighted by molar-refractivity contribution is -0.143. The molecule has 2 aromatic carbocycles. The van der Waals surface area contributed by atoms with Gasteiger partial charge in [-0.2, -0.15) is 0 Å². The summed E-state index contributed by atoms with van der Waals surface area (Å²) in [5, 5.41) is 21.3. The van der Waals surface area contributed by atoms with Crippen molar-refractivity contribution in [1.82, 2.24) is 10.0 Å². The second kappa shape index (κ2) is 11.0. The summed E-state index contributed by atoms with van der Waals surface area (Å²) in [5.74, 6) is -2.32. The van der Waals surface area contributed by atoms with Crippen LogP contribution in [0, 0.1) is 5.92 Å². The lowest BCUT2D eigenvalue weighted by Crippen LogP contribution is -2.48. The van der Waals surface area contributed by atoms with E-state index in [1.165, 1.54) is 12.1 Å². The zero-order chi connectivity index (χ0) is 23.0. The van der Waals surface area contributed by atoms with E-state index in [1.807, 2.05) is 44.2 Å². The molecule has 0 saturated carbocycles. The van der Waals surface area contributed by atoms with Gasteiger partial charge in [0, 0.05) is 6.54 Å². The molecule has 4 N–H and O–H groups in total. The van der Waals surface area contributed by atoms with Crippen molar-refractivity contribution < 1.29 is 28.2 Å². The lowest BCUT2D eigenvalue weighted by atomic mass is 10.0. The summed E-state index contributed by atoms with van der Waals surface area (Å²) in [6, 6.07) is 13.7. The van der Waals surface area contributed by atoms with Gasteiger partial charge in [0.25, 0.3) is 0 Å². The Morgan fingerprint density at radius 1 is 0.871 bits per heavy atom. The molecule has 0 radical (unpaired) electrons. The van der Waals surface area contributed by atoms with E-state index in [0.29, 0.717) is 0 Å². The largest absolute Gasteiger partial charge is 0.480 e. The number of aliphatic carboxylic acids is 2. The number of sulfonamides is 1. The van der Waals surface area contributed by atoms with Crippen LogP contribution in [-0.2, 0) is 19.6 Å². The van der Waals surface area contributed by atoms with Crippen LogP contribution in [0.2, 0.25) is 0 Å². The number of nitrogens with one attached hydrogen (secondary N) is 2. The van der Waals surface area contributed by atoms with Crippen molar-refractivity contribution in [2.45, 2.75) is 43.7 Å². The Kier molecular flexibility index (Phi) is 8.73. The summed E-state index contributed by atoms with van der Waals surface area (Å²) in [4.78, 5) is 22.9. The van der Waals surface area contributed by atoms with Crippen LogP contribution in [0.15, 0.2) is 59.5 Å². The number of carbonyl (C=O) groups is 2. The Morgan fingerprint density at radius 3 is 1.94 bits per heavy atom. The first kappa shape index (κ1) is 24.5. The van der Waals surface area contributed by atoms with E-state index in [4.69, 9.17) is 0 Å². The molecule has 168 valence electrons. The third kappa shape index (κ3) is 7.46. The predicted molar refractivity (Wildman–Crippen MR) is 117 cm³/mol. The summed E-state index contributed by atoms with van der Waals surface area (Å²) in [7, 11) is -3.83. The average Bonchev–Trinajstić information content (AvgIpc) is 2.72. The fourth-order valence-corrected chi connectivity index (χ4v) is 4.16. The van der Waals surface area contributed by atoms with Crippen LogP contribution in [0.5, 0.6) is 0 Å². The molecule has 0 bridgehead atoms. The fourth-order valence-electron chi connectivity index (χ4n) is 3.11. The molecule has 2 atom stereocenters. The first-order valence-corrected chi connectivity index (χ1v) is 11.4. The third-order valence-corrected chi connectivity index (χ3v) is 6.18. The number of hydrogen-bond acceptors (Lipinski definition) is 5. The molecular weight excluding hydrogens is 420 g/mol. The first-order valence-electron chi connectivity index (χ1n) is 9.97. The van der Waals surface area contributed by atoms with Gasteiger partial charge in [0.05, 0.1) is 4.90 Å². The molecule has 0 aliphatic heterocycles. The van der Waals surface area contributed by atoms with Crippen LogP contribution in [0.3, 0.4) is 0 Å². The van der Waals surface area contributed by atoms with E-state index >= 15 is 0 Å². The molecule has 0 unspecified atom stereocenters. The highest BCUT2D eigenvalue weighted by atomic mass is 32.2. The third-order valence-electron chi connectivity index (χ3n) is 4.70. The van der Waals surface area contributed by atoms with Crippen molar-refractivity contribution in [3.8, 4) is 11.1 Å². The van der Waals surface area contributed by atoms with Crippen molar-refractivity contribution >= 4 is 22.0 Å². The lowest BCUT2D eigenvalue weighted by Gasteiger charge is -2.21. The van der Waals surface area contributed by atoms with Gasteiger partial charge in [0.2, 0.25) is 10.0 Å². The van der Waals surface area contributed by atoms with Crippen molar-refractivity contribution in [2.75, 3.05) is 6.54 Å². The second-order valence-electron chi connectivity index (χ2n) is 7.65. The molecule has 0 amide bonds. The molecular formula is C22H28N2O6S. The van der Waals surface area contributed by atoms with E-state index in [9.17, 15) is 28.2 Å². The van der Waals surface area contributed by atoms with Gasteiger partial charge in [-0.05, 0) is 42.0 Å². The summed E-state index contributed by atoms with van der Waals surface area (Å²) >= 11 is 0. The summed E-state index contributed by atoms with van der Waals surface area (Å²) in [6.45, 7) is 3.52. The molecule has 0 aliphatic rings. The Bertz CT molecular complexity index is 975. The number of rotatable bonds is 12. The van der Waals surface area contributed by atoms with Crippen LogP contribution in [-0.4, -0.2) is 49.2 Å². The second-order valence-corrected chi connectivity index (χ2v) is 9.42. The van der Waals surface area contributed by atoms with Gasteiger partial charge in [-0.3, -0.25) is 14.9 Å². The standard InChI is InChI=1S/C22H28N2O6S/c1-15(2)14-20(22(27)28)24-19(21(25)26)12-13-23-31(29,30)18-10-8-17(9-11-18)16-6-4-3-5-7-16/h3-11,15,19-20,23-24H,12-14H2,1-2H3,(H,25,26)(H,27,28)/t19-,20-/m0/s1. The maximum atomic E-state index is 12.5. The highest BCUT2D eigenvalue weighted by Crippen LogP contribution is 2.21. The quantitative estimate of drug-likeness (QED) is 0.392. The molecule has 2 aromatic rings. The van der Waals surface area contributed by atoms with E-state index < -0.39 is 34.0 Å². The number of carboxylic acid groups (broad SMARTS) is 2. The van der Waals surface area contributed by atoms with E-state index in [1.54, 1.807) is 12.1 Å². The number of hydrogen-bond donors (Lipinski definition) is 4. The van der Waals surface area contributed by atoms with Gasteiger partial charge in [0.1, 0.15) is 12.1 Å². The topological polar surface area (TPSA) is 133 Å². The smallest absolute Gasteiger partial charge is 0.320 e. The minimum absolute atomic E-state index is 0.0559. The molecule has 0 aliphatic carbocycles. The SMILES string of the molecule is CC(C)C[C@H](N[C@@H](CCNS(=O)(=O)c1ccc(-c2ccccc2)cc1)C(=O)O)C(=O)O. The normalized spacial score (nSPS) is 13.6. The van der Waals surface area contributed by atoms with Crippen molar-refractivity contribution in [3.63, 3.8) is 0 Å². The van der Waals surface area contributed by atoms with E-state index in [2.05, 4.69) is 10.0 Å². The first-order chi connectivity index (χ1) is 14.6. The summed E-state index contributed by atoms with van der Waals surface area (Å²) in [5.41, 5.74) is 1.84. The molecule has 31 heavy (non-hydrogen) atoms. The van der Waals surface area contributed by atoms with Gasteiger partial charge in [-0.25, -0.2) is 13.1 Å². The number of benzene rings is 2. The van der Waals surface area contributed by atoms with Gasteiger partial charge in [-0.15, -0.1) is 0 Å². The van der Waals surface area contributed by atoms with Gasteiger partial charge in [-0.1, -0.05) is 56.3 Å². The molecule has 0 saturated heterocycles. The van der Waals surface area contributed by atoms with E-state index in [0.717, 1.165) is 11.1 Å². The summed E-state index contributed by atoms with van der Waals surface area (Å²) in [6.07, 6.45) is 0.164. The van der Waals surface area contributed by atoms with Crippen molar-refractivity contribution in [1.29, 1.82) is 0 Å². The Balaban J connectivity index is 1.99. The molecule has 0 aromatic heterocycles. The Morgan fingerprint density at radius 2 is 1.42 bits per heavy atom. The zero-order valence-electron chi connectivity index (χ0n) is 17.5. The van der Waals surface area contributed by atoms with Crippen LogP contribution < -0.4 is 10.0 Å². The maximum absolute atomic E-state index is 12.5. The van der Waals surface area contributed by atoms with Crippen molar-refractivity contribution in [3.05, 3.63) is 54.6 Å².